The lowest BCUT2D eigenvalue weighted by molar-refractivity contribution is -0.386. The minimum absolute atomic E-state index is 0.206. The number of aliphatic hydroxyl groups excluding tert-OH is 11. The number of ether oxygens (including phenoxy) is 6. The van der Waals surface area contributed by atoms with E-state index in [0.717, 1.165) is 51.9 Å². The molecule has 0 aromatic heterocycles. The van der Waals surface area contributed by atoms with Gasteiger partial charge >= 0.3 is 5.97 Å². The van der Waals surface area contributed by atoms with Crippen molar-refractivity contribution in [2.24, 2.45) is 0 Å². The molecule has 0 radical (unpaired) electrons. The number of amides is 2. The van der Waals surface area contributed by atoms with Crippen LogP contribution >= 0.6 is 0 Å². The summed E-state index contributed by atoms with van der Waals surface area (Å²) in [4.78, 5) is 38.7. The van der Waals surface area contributed by atoms with Crippen LogP contribution in [0.1, 0.15) is 323 Å². The number of nitrogens with one attached hydrogen (secondary N) is 2. The van der Waals surface area contributed by atoms with Crippen molar-refractivity contribution in [3.63, 3.8) is 0 Å². The second-order valence-corrected chi connectivity index (χ2v) is 29.3. The standard InChI is InChI=1S/C77H144N2O21/c1-4-6-8-10-12-14-16-18-20-22-23-24-25-26-27-28-29-30-31-32-33-34-35-37-39-41-43-45-47-49-51-64(87)79-58(59(84)50-48-46-44-42-40-38-36-21-19-17-15-13-11-9-7-5-2)56-95-74-69(91)68(90)71(63(55-82)97-74)98-75-70(92)73(67(89)62(54-81)96-75)100-77(76(93)94)52-60(85)65(78-57(3)83)72(99-77)66(88)61(86)53-80/h48,50,58-63,65-75,80-82,84-86,88-92H,4-47,49,51-56H2,1-3H3,(H,78,83)(H,79,87)(H,93,94)/b50-48+. The highest BCUT2D eigenvalue weighted by atomic mass is 16.8. The van der Waals surface area contributed by atoms with E-state index < -0.39 is 155 Å². The zero-order valence-electron chi connectivity index (χ0n) is 62.1. The van der Waals surface area contributed by atoms with Crippen molar-refractivity contribution in [1.29, 1.82) is 0 Å². The Morgan fingerprint density at radius 2 is 0.930 bits per heavy atom. The summed E-state index contributed by atoms with van der Waals surface area (Å²) in [6, 6.07) is -2.61. The van der Waals surface area contributed by atoms with Crippen LogP contribution < -0.4 is 10.6 Å². The molecule has 23 heteroatoms. The molecular weight excluding hydrogens is 1290 g/mol. The molecule has 3 fully saturated rings. The fraction of sp³-hybridized carbons (Fsp3) is 0.935. The zero-order valence-corrected chi connectivity index (χ0v) is 62.1. The number of hydrogen-bond donors (Lipinski definition) is 14. The number of carbonyl (C=O) groups excluding carboxylic acids is 2. The van der Waals surface area contributed by atoms with Crippen LogP contribution in [0.25, 0.3) is 0 Å². The maximum absolute atomic E-state index is 13.5. The summed E-state index contributed by atoms with van der Waals surface area (Å²) in [5.74, 6) is -6.13. The molecule has 588 valence electrons. The summed E-state index contributed by atoms with van der Waals surface area (Å²) in [7, 11) is 0. The van der Waals surface area contributed by atoms with Gasteiger partial charge in [0.1, 0.15) is 67.1 Å². The van der Waals surface area contributed by atoms with Gasteiger partial charge in [-0.25, -0.2) is 4.79 Å². The molecule has 0 aliphatic carbocycles. The highest BCUT2D eigenvalue weighted by molar-refractivity contribution is 5.77. The van der Waals surface area contributed by atoms with E-state index in [0.29, 0.717) is 12.8 Å². The lowest BCUT2D eigenvalue weighted by atomic mass is 9.88. The summed E-state index contributed by atoms with van der Waals surface area (Å²) in [6.45, 7) is 2.18. The second kappa shape index (κ2) is 56.8. The van der Waals surface area contributed by atoms with E-state index in [1.165, 1.54) is 231 Å². The number of hydrogen-bond acceptors (Lipinski definition) is 20. The Labute approximate surface area is 601 Å². The van der Waals surface area contributed by atoms with E-state index in [9.17, 15) is 75.7 Å². The predicted molar refractivity (Wildman–Crippen MR) is 385 cm³/mol. The third-order valence-electron chi connectivity index (χ3n) is 20.5. The minimum atomic E-state index is -3.08. The molecule has 2 amide bonds. The van der Waals surface area contributed by atoms with Gasteiger partial charge in [-0.3, -0.25) is 9.59 Å². The topological polar surface area (TPSA) is 373 Å². The molecule has 0 aromatic carbocycles. The molecule has 3 heterocycles. The van der Waals surface area contributed by atoms with Gasteiger partial charge in [-0.15, -0.1) is 0 Å². The van der Waals surface area contributed by atoms with Crippen molar-refractivity contribution in [3.05, 3.63) is 12.2 Å². The Bertz CT molecular complexity index is 2050. The first-order valence-electron chi connectivity index (χ1n) is 40.1. The number of rotatable bonds is 63. The number of allylic oxidation sites excluding steroid dienone is 1. The van der Waals surface area contributed by atoms with Gasteiger partial charge < -0.3 is 100 Å². The molecule has 3 rings (SSSR count). The van der Waals surface area contributed by atoms with E-state index in [4.69, 9.17) is 28.4 Å². The van der Waals surface area contributed by atoms with Gasteiger partial charge in [0, 0.05) is 19.8 Å². The molecule has 14 N–H and O–H groups in total. The molecular formula is C77H144N2O21. The fourth-order valence-electron chi connectivity index (χ4n) is 14.1. The number of aliphatic carboxylic acids is 1. The van der Waals surface area contributed by atoms with Crippen LogP contribution in [-0.4, -0.2) is 215 Å². The van der Waals surface area contributed by atoms with Crippen molar-refractivity contribution in [2.45, 2.75) is 432 Å². The normalized spacial score (nSPS) is 27.0. The summed E-state index contributed by atoms with van der Waals surface area (Å²) < 4.78 is 34.9. The van der Waals surface area contributed by atoms with Gasteiger partial charge in [0.25, 0.3) is 5.79 Å². The quantitative estimate of drug-likeness (QED) is 0.0199. The molecule has 0 spiro atoms. The fourth-order valence-corrected chi connectivity index (χ4v) is 14.1. The average Bonchev–Trinajstić information content (AvgIpc) is 0.755. The number of carbonyl (C=O) groups is 3. The molecule has 3 aliphatic heterocycles. The largest absolute Gasteiger partial charge is 0.477 e. The van der Waals surface area contributed by atoms with Gasteiger partial charge in [-0.1, -0.05) is 296 Å². The van der Waals surface area contributed by atoms with Crippen LogP contribution in [0.15, 0.2) is 12.2 Å². The Morgan fingerprint density at radius 1 is 0.520 bits per heavy atom. The molecule has 0 saturated carbocycles. The Morgan fingerprint density at radius 3 is 1.33 bits per heavy atom. The maximum atomic E-state index is 13.5. The van der Waals surface area contributed by atoms with Crippen molar-refractivity contribution in [2.75, 3.05) is 26.4 Å². The lowest BCUT2D eigenvalue weighted by Gasteiger charge is -2.50. The van der Waals surface area contributed by atoms with E-state index in [-0.39, 0.29) is 12.3 Å². The first-order valence-corrected chi connectivity index (χ1v) is 40.1. The van der Waals surface area contributed by atoms with Crippen LogP contribution in [0.5, 0.6) is 0 Å². The Balaban J connectivity index is 1.48. The third-order valence-corrected chi connectivity index (χ3v) is 20.5. The smallest absolute Gasteiger partial charge is 0.364 e. The van der Waals surface area contributed by atoms with Gasteiger partial charge in [0.05, 0.1) is 50.7 Å². The summed E-state index contributed by atoms with van der Waals surface area (Å²) in [6.07, 6.45) is 31.2. The van der Waals surface area contributed by atoms with E-state index >= 15 is 0 Å². The summed E-state index contributed by atoms with van der Waals surface area (Å²) in [5, 5.41) is 136. The highest BCUT2D eigenvalue weighted by Gasteiger charge is 2.60. The molecule has 0 aromatic rings. The lowest BCUT2D eigenvalue weighted by Crippen LogP contribution is -2.70. The molecule has 100 heavy (non-hydrogen) atoms. The molecule has 3 aliphatic rings. The zero-order chi connectivity index (χ0) is 73.2. The van der Waals surface area contributed by atoms with Crippen LogP contribution in [-0.2, 0) is 42.8 Å². The van der Waals surface area contributed by atoms with E-state index in [1.54, 1.807) is 6.08 Å². The third kappa shape index (κ3) is 37.1. The Hall–Kier alpha value is -2.53. The Kier molecular flexibility index (Phi) is 52.0. The first kappa shape index (κ1) is 91.7. The number of carboxylic acid groups (broad SMARTS) is 1. The number of unbranched alkanes of at least 4 members (excludes halogenated alkanes) is 43. The van der Waals surface area contributed by atoms with E-state index in [1.807, 2.05) is 6.08 Å². The molecule has 18 atom stereocenters. The molecule has 18 unspecified atom stereocenters. The summed E-state index contributed by atoms with van der Waals surface area (Å²) >= 11 is 0. The minimum Gasteiger partial charge on any atom is -0.477 e. The van der Waals surface area contributed by atoms with Crippen LogP contribution in [0, 0.1) is 0 Å². The van der Waals surface area contributed by atoms with Crippen LogP contribution in [0.2, 0.25) is 0 Å². The van der Waals surface area contributed by atoms with Gasteiger partial charge in [-0.05, 0) is 19.3 Å². The van der Waals surface area contributed by atoms with Crippen molar-refractivity contribution in [3.8, 4) is 0 Å². The predicted octanol–water partition coefficient (Wildman–Crippen LogP) is 10.2. The van der Waals surface area contributed by atoms with Crippen molar-refractivity contribution in [1.82, 2.24) is 10.6 Å². The molecule has 23 nitrogen and oxygen atoms in total. The van der Waals surface area contributed by atoms with E-state index in [2.05, 4.69) is 24.5 Å². The molecule has 3 saturated heterocycles. The van der Waals surface area contributed by atoms with Crippen molar-refractivity contribution >= 4 is 17.8 Å². The maximum Gasteiger partial charge on any atom is 0.364 e. The van der Waals surface area contributed by atoms with Gasteiger partial charge in [0.2, 0.25) is 11.8 Å². The molecule has 0 bridgehead atoms. The highest BCUT2D eigenvalue weighted by Crippen LogP contribution is 2.39. The number of aliphatic hydroxyl groups is 11. The second-order valence-electron chi connectivity index (χ2n) is 29.3. The first-order chi connectivity index (χ1) is 48.4. The van der Waals surface area contributed by atoms with Crippen LogP contribution in [0.4, 0.5) is 0 Å². The monoisotopic (exact) mass is 1430 g/mol. The van der Waals surface area contributed by atoms with Crippen LogP contribution in [0.3, 0.4) is 0 Å². The van der Waals surface area contributed by atoms with Crippen molar-refractivity contribution < 1.29 is 104 Å². The SMILES string of the molecule is CCCCCCCCCCCCCCCC/C=C/C(O)C(COC1OC(CO)C(OC2OC(CO)C(O)C(OC3(C(=O)O)CC(O)C(NC(C)=O)C(C(O)C(O)CO)O3)C2O)C(O)C1O)NC(=O)CCCCCCCCCCCCCCCCCCCCCCCCCCCCCCCC. The number of carboxylic acids is 1. The van der Waals surface area contributed by atoms with Gasteiger partial charge in [0.15, 0.2) is 12.6 Å². The van der Waals surface area contributed by atoms with Gasteiger partial charge in [-0.2, -0.15) is 0 Å². The average molecular weight is 1430 g/mol. The summed E-state index contributed by atoms with van der Waals surface area (Å²) in [5.41, 5.74) is 0.